The highest BCUT2D eigenvalue weighted by molar-refractivity contribution is 7.92. The Morgan fingerprint density at radius 3 is 2.50 bits per heavy atom. The number of ether oxygens (including phenoxy) is 1. The van der Waals surface area contributed by atoms with Gasteiger partial charge in [-0.05, 0) is 17.7 Å². The van der Waals surface area contributed by atoms with E-state index in [0.29, 0.717) is 6.61 Å². The summed E-state index contributed by atoms with van der Waals surface area (Å²) in [7, 11) is 1.51. The lowest BCUT2D eigenvalue weighted by Crippen LogP contribution is -2.43. The van der Waals surface area contributed by atoms with Crippen LogP contribution in [0.1, 0.15) is 5.56 Å². The van der Waals surface area contributed by atoms with Gasteiger partial charge in [0.25, 0.3) is 0 Å². The minimum Gasteiger partial charge on any atom is -0.487 e. The summed E-state index contributed by atoms with van der Waals surface area (Å²) in [5.41, 5.74) is 1.15. The number of aromatic nitrogens is 1. The molecule has 0 aliphatic carbocycles. The van der Waals surface area contributed by atoms with Gasteiger partial charge in [0.15, 0.2) is 0 Å². The fourth-order valence-electron chi connectivity index (χ4n) is 2.45. The lowest BCUT2D eigenvalue weighted by Gasteiger charge is -2.33. The first-order chi connectivity index (χ1) is 11.8. The van der Waals surface area contributed by atoms with Gasteiger partial charge in [-0.1, -0.05) is 30.3 Å². The highest BCUT2D eigenvalue weighted by atomic mass is 32.2. The third-order valence-corrected chi connectivity index (χ3v) is 4.51. The SMILES string of the molecule is COOSN1CCN(c2ccc(OCc3ccccc3)cn2)CC1. The molecule has 1 saturated heterocycles. The number of anilines is 1. The maximum absolute atomic E-state index is 5.77. The van der Waals surface area contributed by atoms with Gasteiger partial charge in [-0.25, -0.2) is 14.2 Å². The zero-order valence-electron chi connectivity index (χ0n) is 13.6. The topological polar surface area (TPSA) is 47.1 Å². The quantitative estimate of drug-likeness (QED) is 0.330. The Balaban J connectivity index is 1.48. The molecule has 0 amide bonds. The van der Waals surface area contributed by atoms with Crippen molar-refractivity contribution >= 4 is 18.0 Å². The van der Waals surface area contributed by atoms with Crippen LogP contribution < -0.4 is 9.64 Å². The van der Waals surface area contributed by atoms with Crippen LogP contribution in [0.25, 0.3) is 0 Å². The van der Waals surface area contributed by atoms with Gasteiger partial charge < -0.3 is 9.64 Å². The van der Waals surface area contributed by atoms with Crippen LogP contribution in [-0.4, -0.2) is 42.6 Å². The van der Waals surface area contributed by atoms with Gasteiger partial charge >= 0.3 is 0 Å². The molecule has 2 heterocycles. The predicted molar refractivity (Wildman–Crippen MR) is 94.5 cm³/mol. The molecule has 1 fully saturated rings. The van der Waals surface area contributed by atoms with Gasteiger partial charge in [0.2, 0.25) is 0 Å². The van der Waals surface area contributed by atoms with Crippen LogP contribution in [0.15, 0.2) is 48.7 Å². The Labute approximate surface area is 146 Å². The standard InChI is InChI=1S/C17H21N3O3S/c1-21-23-24-20-11-9-19(10-12-20)17-8-7-16(13-18-17)22-14-15-5-3-2-4-6-15/h2-8,13H,9-12,14H2,1H3. The number of pyridine rings is 1. The van der Waals surface area contributed by atoms with Crippen molar-refractivity contribution in [3.8, 4) is 5.75 Å². The average molecular weight is 347 g/mol. The van der Waals surface area contributed by atoms with Crippen molar-refractivity contribution in [2.45, 2.75) is 6.61 Å². The molecule has 0 radical (unpaired) electrons. The van der Waals surface area contributed by atoms with Gasteiger partial charge in [-0.15, -0.1) is 4.33 Å². The Kier molecular flexibility index (Phi) is 6.31. The second kappa shape index (κ2) is 8.89. The van der Waals surface area contributed by atoms with E-state index in [1.807, 2.05) is 42.5 Å². The number of hydrogen-bond acceptors (Lipinski definition) is 7. The van der Waals surface area contributed by atoms with Crippen LogP contribution in [0, 0.1) is 0 Å². The first kappa shape index (κ1) is 17.0. The van der Waals surface area contributed by atoms with Crippen molar-refractivity contribution in [1.29, 1.82) is 0 Å². The van der Waals surface area contributed by atoms with Gasteiger partial charge in [-0.3, -0.25) is 0 Å². The highest BCUT2D eigenvalue weighted by Gasteiger charge is 2.19. The van der Waals surface area contributed by atoms with Crippen molar-refractivity contribution in [3.63, 3.8) is 0 Å². The molecule has 0 bridgehead atoms. The predicted octanol–water partition coefficient (Wildman–Crippen LogP) is 2.92. The summed E-state index contributed by atoms with van der Waals surface area (Å²) in [6.45, 7) is 4.13. The molecule has 0 spiro atoms. The fourth-order valence-corrected chi connectivity index (χ4v) is 2.91. The van der Waals surface area contributed by atoms with Crippen LogP contribution in [0.2, 0.25) is 0 Å². The lowest BCUT2D eigenvalue weighted by molar-refractivity contribution is -0.163. The largest absolute Gasteiger partial charge is 0.487 e. The van der Waals surface area contributed by atoms with E-state index >= 15 is 0 Å². The number of piperazine rings is 1. The van der Waals surface area contributed by atoms with E-state index in [9.17, 15) is 0 Å². The van der Waals surface area contributed by atoms with Crippen LogP contribution in [0.3, 0.4) is 0 Å². The molecular formula is C17H21N3O3S. The van der Waals surface area contributed by atoms with Gasteiger partial charge in [-0.2, -0.15) is 0 Å². The van der Waals surface area contributed by atoms with Crippen molar-refractivity contribution in [2.24, 2.45) is 0 Å². The monoisotopic (exact) mass is 347 g/mol. The zero-order chi connectivity index (χ0) is 16.6. The summed E-state index contributed by atoms with van der Waals surface area (Å²) >= 11 is 1.25. The third kappa shape index (κ3) is 4.85. The fraction of sp³-hybridized carbons (Fsp3) is 0.353. The molecular weight excluding hydrogens is 326 g/mol. The molecule has 1 aliphatic rings. The molecule has 0 atom stereocenters. The summed E-state index contributed by atoms with van der Waals surface area (Å²) in [5, 5.41) is 0. The zero-order valence-corrected chi connectivity index (χ0v) is 14.4. The Morgan fingerprint density at radius 2 is 1.83 bits per heavy atom. The van der Waals surface area contributed by atoms with Crippen molar-refractivity contribution in [2.75, 3.05) is 38.2 Å². The van der Waals surface area contributed by atoms with Crippen LogP contribution in [0.4, 0.5) is 5.82 Å². The Morgan fingerprint density at radius 1 is 1.04 bits per heavy atom. The van der Waals surface area contributed by atoms with E-state index in [-0.39, 0.29) is 0 Å². The van der Waals surface area contributed by atoms with Gasteiger partial charge in [0, 0.05) is 26.2 Å². The summed E-state index contributed by atoms with van der Waals surface area (Å²) in [6, 6.07) is 14.1. The van der Waals surface area contributed by atoms with E-state index in [4.69, 9.17) is 9.07 Å². The van der Waals surface area contributed by atoms with Crippen LogP contribution >= 0.6 is 12.2 Å². The van der Waals surface area contributed by atoms with E-state index in [2.05, 4.69) is 19.1 Å². The number of rotatable bonds is 7. The van der Waals surface area contributed by atoms with E-state index < -0.39 is 0 Å². The maximum atomic E-state index is 5.77. The second-order valence-electron chi connectivity index (χ2n) is 5.35. The molecule has 0 N–H and O–H groups in total. The smallest absolute Gasteiger partial charge is 0.138 e. The molecule has 0 unspecified atom stereocenters. The molecule has 1 aromatic carbocycles. The molecule has 3 rings (SSSR count). The summed E-state index contributed by atoms with van der Waals surface area (Å²) in [6.07, 6.45) is 1.79. The summed E-state index contributed by atoms with van der Waals surface area (Å²) in [4.78, 5) is 11.4. The molecule has 24 heavy (non-hydrogen) atoms. The van der Waals surface area contributed by atoms with Crippen molar-refractivity contribution < 1.29 is 14.0 Å². The Hall–Kier alpha value is -1.80. The molecule has 2 aromatic rings. The first-order valence-electron chi connectivity index (χ1n) is 7.85. The molecule has 1 aliphatic heterocycles. The van der Waals surface area contributed by atoms with Crippen molar-refractivity contribution in [3.05, 3.63) is 54.2 Å². The van der Waals surface area contributed by atoms with Crippen molar-refractivity contribution in [1.82, 2.24) is 9.29 Å². The molecule has 6 nitrogen and oxygen atoms in total. The lowest BCUT2D eigenvalue weighted by atomic mass is 10.2. The Bertz CT molecular complexity index is 604. The van der Waals surface area contributed by atoms with Gasteiger partial charge in [0.05, 0.1) is 13.3 Å². The molecule has 0 saturated carbocycles. The van der Waals surface area contributed by atoms with Crippen LogP contribution in [-0.2, 0) is 15.8 Å². The second-order valence-corrected chi connectivity index (χ2v) is 6.15. The first-order valence-corrected chi connectivity index (χ1v) is 8.55. The average Bonchev–Trinajstić information content (AvgIpc) is 2.66. The molecule has 128 valence electrons. The van der Waals surface area contributed by atoms with Gasteiger partial charge in [0.1, 0.15) is 30.4 Å². The van der Waals surface area contributed by atoms with E-state index in [1.165, 1.54) is 19.3 Å². The maximum Gasteiger partial charge on any atom is 0.138 e. The minimum absolute atomic E-state index is 0.553. The molecule has 7 heteroatoms. The summed E-state index contributed by atoms with van der Waals surface area (Å²) in [5.74, 6) is 1.75. The van der Waals surface area contributed by atoms with E-state index in [1.54, 1.807) is 6.20 Å². The number of hydrogen-bond donors (Lipinski definition) is 0. The minimum atomic E-state index is 0.553. The van der Waals surface area contributed by atoms with E-state index in [0.717, 1.165) is 43.3 Å². The summed E-state index contributed by atoms with van der Waals surface area (Å²) < 4.78 is 12.8. The third-order valence-electron chi connectivity index (χ3n) is 3.74. The van der Waals surface area contributed by atoms with Crippen LogP contribution in [0.5, 0.6) is 5.75 Å². The molecule has 1 aromatic heterocycles. The number of nitrogens with zero attached hydrogens (tertiary/aromatic N) is 3. The normalized spacial score (nSPS) is 15.5. The number of benzene rings is 1. The highest BCUT2D eigenvalue weighted by Crippen LogP contribution is 2.21.